The molecule has 1 saturated heterocycles. The first-order valence-electron chi connectivity index (χ1n) is 7.68. The second-order valence-corrected chi connectivity index (χ2v) is 7.08. The van der Waals surface area contributed by atoms with E-state index >= 15 is 0 Å². The maximum atomic E-state index is 13.0. The summed E-state index contributed by atoms with van der Waals surface area (Å²) in [6.45, 7) is 3.44. The molecule has 0 unspecified atom stereocenters. The maximum Gasteiger partial charge on any atom is 0.416 e. The average molecular weight is 354 g/mol. The third kappa shape index (κ3) is 3.56. The fraction of sp³-hybridized carbons (Fsp3) is 0.353. The van der Waals surface area contributed by atoms with E-state index in [9.17, 15) is 18.0 Å². The third-order valence-corrected chi connectivity index (χ3v) is 4.98. The summed E-state index contributed by atoms with van der Waals surface area (Å²) >= 11 is 1.32. The minimum Gasteiger partial charge on any atom is -0.370 e. The van der Waals surface area contributed by atoms with Crippen LogP contribution in [0.3, 0.4) is 0 Å². The van der Waals surface area contributed by atoms with Crippen molar-refractivity contribution in [3.63, 3.8) is 0 Å². The lowest BCUT2D eigenvalue weighted by Gasteiger charge is -2.22. The topological polar surface area (TPSA) is 32.3 Å². The first-order valence-corrected chi connectivity index (χ1v) is 8.50. The van der Waals surface area contributed by atoms with Crippen molar-refractivity contribution in [3.8, 4) is 0 Å². The number of carbonyl (C=O) groups excluding carboxylic acids is 1. The van der Waals surface area contributed by atoms with Crippen molar-refractivity contribution in [3.05, 3.63) is 45.6 Å². The van der Waals surface area contributed by atoms with Gasteiger partial charge in [0, 0.05) is 18.0 Å². The second kappa shape index (κ2) is 6.47. The molecule has 7 heteroatoms. The van der Waals surface area contributed by atoms with Crippen molar-refractivity contribution in [2.24, 2.45) is 0 Å². The van der Waals surface area contributed by atoms with Crippen molar-refractivity contribution in [1.82, 2.24) is 0 Å². The number of hydrogen-bond donors (Lipinski definition) is 1. The molecule has 3 nitrogen and oxygen atoms in total. The molecule has 0 radical (unpaired) electrons. The quantitative estimate of drug-likeness (QED) is 0.848. The van der Waals surface area contributed by atoms with Crippen LogP contribution in [0, 0.1) is 6.92 Å². The van der Waals surface area contributed by atoms with Gasteiger partial charge in [-0.25, -0.2) is 0 Å². The van der Waals surface area contributed by atoms with Gasteiger partial charge in [0.25, 0.3) is 5.91 Å². The van der Waals surface area contributed by atoms with Crippen LogP contribution in [0.15, 0.2) is 30.3 Å². The number of hydrogen-bond acceptors (Lipinski definition) is 3. The largest absolute Gasteiger partial charge is 0.416 e. The molecule has 2 aromatic rings. The standard InChI is InChI=1S/C17H17F3N2OS/c1-11-4-7-15(24-11)16(23)21-13-10-12(17(18,19)20)5-6-14(13)22-8-2-3-9-22/h4-7,10H,2-3,8-9H2,1H3,(H,21,23). The number of nitrogens with one attached hydrogen (secondary N) is 1. The molecule has 0 saturated carbocycles. The zero-order valence-electron chi connectivity index (χ0n) is 13.1. The Morgan fingerprint density at radius 1 is 1.17 bits per heavy atom. The third-order valence-electron chi connectivity index (χ3n) is 3.98. The number of nitrogens with zero attached hydrogens (tertiary/aromatic N) is 1. The molecule has 0 bridgehead atoms. The van der Waals surface area contributed by atoms with E-state index in [0.717, 1.165) is 42.9 Å². The average Bonchev–Trinajstić information content (AvgIpc) is 3.17. The van der Waals surface area contributed by atoms with Crippen molar-refractivity contribution in [2.45, 2.75) is 25.9 Å². The second-order valence-electron chi connectivity index (χ2n) is 5.79. The van der Waals surface area contributed by atoms with E-state index < -0.39 is 11.7 Å². The molecule has 1 aromatic heterocycles. The molecular weight excluding hydrogens is 337 g/mol. The lowest BCUT2D eigenvalue weighted by molar-refractivity contribution is -0.137. The Balaban J connectivity index is 1.94. The summed E-state index contributed by atoms with van der Waals surface area (Å²) in [6.07, 6.45) is -2.44. The lowest BCUT2D eigenvalue weighted by atomic mass is 10.1. The Morgan fingerprint density at radius 3 is 2.46 bits per heavy atom. The van der Waals surface area contributed by atoms with Crippen LogP contribution in [0.25, 0.3) is 0 Å². The van der Waals surface area contributed by atoms with E-state index in [4.69, 9.17) is 0 Å². The van der Waals surface area contributed by atoms with Gasteiger partial charge in [0.1, 0.15) is 0 Å². The molecular formula is C17H17F3N2OS. The van der Waals surface area contributed by atoms with Gasteiger partial charge < -0.3 is 10.2 Å². The van der Waals surface area contributed by atoms with E-state index in [-0.39, 0.29) is 11.6 Å². The van der Waals surface area contributed by atoms with Gasteiger partial charge >= 0.3 is 6.18 Å². The summed E-state index contributed by atoms with van der Waals surface area (Å²) in [4.78, 5) is 15.8. The zero-order valence-corrected chi connectivity index (χ0v) is 13.9. The van der Waals surface area contributed by atoms with Crippen LogP contribution in [-0.4, -0.2) is 19.0 Å². The van der Waals surface area contributed by atoms with Crippen molar-refractivity contribution >= 4 is 28.6 Å². The molecule has 1 aliphatic rings. The highest BCUT2D eigenvalue weighted by Crippen LogP contribution is 2.36. The summed E-state index contributed by atoms with van der Waals surface area (Å²) in [7, 11) is 0. The van der Waals surface area contributed by atoms with Crippen LogP contribution in [0.1, 0.15) is 33.0 Å². The molecule has 0 atom stereocenters. The molecule has 0 aliphatic carbocycles. The molecule has 24 heavy (non-hydrogen) atoms. The molecule has 3 rings (SSSR count). The van der Waals surface area contributed by atoms with Crippen LogP contribution in [0.2, 0.25) is 0 Å². The zero-order chi connectivity index (χ0) is 17.3. The fourth-order valence-corrected chi connectivity index (χ4v) is 3.55. The Morgan fingerprint density at radius 2 is 1.88 bits per heavy atom. The van der Waals surface area contributed by atoms with Gasteiger partial charge in [-0.15, -0.1) is 11.3 Å². The number of amides is 1. The van der Waals surface area contributed by atoms with Crippen molar-refractivity contribution in [1.29, 1.82) is 0 Å². The number of benzene rings is 1. The number of thiophene rings is 1. The number of halogens is 3. The van der Waals surface area contributed by atoms with Crippen LogP contribution in [0.5, 0.6) is 0 Å². The highest BCUT2D eigenvalue weighted by molar-refractivity contribution is 7.14. The number of anilines is 2. The first-order chi connectivity index (χ1) is 11.3. The van der Waals surface area contributed by atoms with E-state index in [1.165, 1.54) is 17.4 Å². The Bertz CT molecular complexity index is 749. The number of aryl methyl sites for hydroxylation is 1. The monoisotopic (exact) mass is 354 g/mol. The summed E-state index contributed by atoms with van der Waals surface area (Å²) in [6, 6.07) is 7.03. The minimum atomic E-state index is -4.44. The summed E-state index contributed by atoms with van der Waals surface area (Å²) in [5.41, 5.74) is 0.0908. The van der Waals surface area contributed by atoms with E-state index in [0.29, 0.717) is 10.6 Å². The molecule has 2 heterocycles. The SMILES string of the molecule is Cc1ccc(C(=O)Nc2cc(C(F)(F)F)ccc2N2CCCC2)s1. The number of alkyl halides is 3. The van der Waals surface area contributed by atoms with Gasteiger partial charge in [-0.3, -0.25) is 4.79 Å². The molecule has 1 aromatic carbocycles. The van der Waals surface area contributed by atoms with Gasteiger partial charge in [0.05, 0.1) is 21.8 Å². The van der Waals surface area contributed by atoms with Gasteiger partial charge in [0.2, 0.25) is 0 Å². The lowest BCUT2D eigenvalue weighted by Crippen LogP contribution is -2.21. The van der Waals surface area contributed by atoms with Gasteiger partial charge in [0.15, 0.2) is 0 Å². The van der Waals surface area contributed by atoms with E-state index in [2.05, 4.69) is 5.32 Å². The molecule has 1 N–H and O–H groups in total. The molecule has 0 spiro atoms. The smallest absolute Gasteiger partial charge is 0.370 e. The molecule has 128 valence electrons. The van der Waals surface area contributed by atoms with E-state index in [1.807, 2.05) is 17.9 Å². The van der Waals surface area contributed by atoms with Gasteiger partial charge in [-0.2, -0.15) is 13.2 Å². The highest BCUT2D eigenvalue weighted by atomic mass is 32.1. The normalized spacial score (nSPS) is 14.9. The van der Waals surface area contributed by atoms with Crippen LogP contribution >= 0.6 is 11.3 Å². The Hall–Kier alpha value is -2.02. The molecule has 1 fully saturated rings. The predicted molar refractivity (Wildman–Crippen MR) is 89.9 cm³/mol. The van der Waals surface area contributed by atoms with Crippen LogP contribution in [-0.2, 0) is 6.18 Å². The Kier molecular flexibility index (Phi) is 4.54. The van der Waals surface area contributed by atoms with E-state index in [1.54, 1.807) is 6.07 Å². The van der Waals surface area contributed by atoms with Gasteiger partial charge in [-0.1, -0.05) is 0 Å². The summed E-state index contributed by atoms with van der Waals surface area (Å²) in [5, 5.41) is 2.66. The molecule has 1 aliphatic heterocycles. The van der Waals surface area contributed by atoms with Crippen molar-refractivity contribution < 1.29 is 18.0 Å². The minimum absolute atomic E-state index is 0.211. The predicted octanol–water partition coefficient (Wildman–Crippen LogP) is 4.93. The molecule has 1 amide bonds. The number of rotatable bonds is 3. The summed E-state index contributed by atoms with van der Waals surface area (Å²) < 4.78 is 39.0. The fourth-order valence-electron chi connectivity index (χ4n) is 2.79. The van der Waals surface area contributed by atoms with Crippen molar-refractivity contribution in [2.75, 3.05) is 23.3 Å². The Labute approximate surface area is 142 Å². The van der Waals surface area contributed by atoms with Crippen LogP contribution < -0.4 is 10.2 Å². The summed E-state index contributed by atoms with van der Waals surface area (Å²) in [5.74, 6) is -0.382. The number of carbonyl (C=O) groups is 1. The highest BCUT2D eigenvalue weighted by Gasteiger charge is 2.32. The maximum absolute atomic E-state index is 13.0. The van der Waals surface area contributed by atoms with Gasteiger partial charge in [-0.05, 0) is 50.1 Å². The first kappa shape index (κ1) is 16.8. The van der Waals surface area contributed by atoms with Crippen LogP contribution in [0.4, 0.5) is 24.5 Å².